The molecule has 1 saturated carbocycles. The monoisotopic (exact) mass is 364 g/mol. The molecule has 1 aliphatic carbocycles. The predicted octanol–water partition coefficient (Wildman–Crippen LogP) is 3.00. The van der Waals surface area contributed by atoms with Crippen LogP contribution in [0.25, 0.3) is 5.69 Å². The number of amides is 1. The van der Waals surface area contributed by atoms with Crippen LogP contribution >= 0.6 is 0 Å². The van der Waals surface area contributed by atoms with Gasteiger partial charge in [0.1, 0.15) is 18.3 Å². The van der Waals surface area contributed by atoms with Gasteiger partial charge < -0.3 is 10.6 Å². The van der Waals surface area contributed by atoms with Crippen LogP contribution in [0, 0.1) is 10.1 Å². The maximum absolute atomic E-state index is 12.7. The van der Waals surface area contributed by atoms with E-state index in [2.05, 4.69) is 20.7 Å². The van der Waals surface area contributed by atoms with E-state index in [9.17, 15) is 14.9 Å². The van der Waals surface area contributed by atoms with Gasteiger partial charge in [-0.05, 0) is 37.1 Å². The van der Waals surface area contributed by atoms with Gasteiger partial charge in [0, 0.05) is 17.7 Å². The summed E-state index contributed by atoms with van der Waals surface area (Å²) < 4.78 is 1.53. The van der Waals surface area contributed by atoms with Gasteiger partial charge in [0.15, 0.2) is 0 Å². The molecule has 9 nitrogen and oxygen atoms in total. The molecule has 0 unspecified atom stereocenters. The number of aromatic nitrogens is 3. The lowest BCUT2D eigenvalue weighted by molar-refractivity contribution is -0.384. The van der Waals surface area contributed by atoms with Gasteiger partial charge in [0.05, 0.1) is 16.3 Å². The van der Waals surface area contributed by atoms with Crippen molar-refractivity contribution in [1.82, 2.24) is 14.8 Å². The number of nitro groups is 1. The number of nitro benzene ring substituents is 1. The number of nitrogens with one attached hydrogen (secondary N) is 2. The van der Waals surface area contributed by atoms with E-state index in [1.54, 1.807) is 30.3 Å². The van der Waals surface area contributed by atoms with Crippen LogP contribution in [0.15, 0.2) is 55.1 Å². The Hall–Kier alpha value is -3.75. The number of nitrogens with zero attached hydrogens (tertiary/aromatic N) is 4. The van der Waals surface area contributed by atoms with Crippen LogP contribution < -0.4 is 10.6 Å². The fourth-order valence-corrected chi connectivity index (χ4v) is 2.70. The van der Waals surface area contributed by atoms with Crippen LogP contribution in [0.2, 0.25) is 0 Å². The lowest BCUT2D eigenvalue weighted by Gasteiger charge is -2.11. The van der Waals surface area contributed by atoms with Crippen molar-refractivity contribution in [3.8, 4) is 5.69 Å². The Balaban J connectivity index is 1.60. The summed E-state index contributed by atoms with van der Waals surface area (Å²) in [6.07, 6.45) is 4.92. The highest BCUT2D eigenvalue weighted by molar-refractivity contribution is 6.06. The van der Waals surface area contributed by atoms with E-state index >= 15 is 0 Å². The minimum atomic E-state index is -0.481. The van der Waals surface area contributed by atoms with Gasteiger partial charge >= 0.3 is 0 Å². The van der Waals surface area contributed by atoms with Gasteiger partial charge in [-0.2, -0.15) is 5.10 Å². The summed E-state index contributed by atoms with van der Waals surface area (Å²) in [6.45, 7) is 0. The van der Waals surface area contributed by atoms with Crippen molar-refractivity contribution in [3.05, 3.63) is 70.8 Å². The Morgan fingerprint density at radius 3 is 2.70 bits per heavy atom. The number of carbonyl (C=O) groups excluding carboxylic acids is 1. The highest BCUT2D eigenvalue weighted by Crippen LogP contribution is 2.32. The van der Waals surface area contributed by atoms with E-state index in [-0.39, 0.29) is 17.3 Å². The van der Waals surface area contributed by atoms with Crippen LogP contribution in [-0.4, -0.2) is 31.6 Å². The van der Waals surface area contributed by atoms with Gasteiger partial charge in [-0.3, -0.25) is 14.9 Å². The van der Waals surface area contributed by atoms with Crippen molar-refractivity contribution in [1.29, 1.82) is 0 Å². The molecule has 1 amide bonds. The van der Waals surface area contributed by atoms with E-state index in [1.807, 2.05) is 6.07 Å². The van der Waals surface area contributed by atoms with Crippen LogP contribution in [0.4, 0.5) is 17.1 Å². The van der Waals surface area contributed by atoms with Gasteiger partial charge in [-0.25, -0.2) is 9.67 Å². The Labute approximate surface area is 154 Å². The largest absolute Gasteiger partial charge is 0.377 e. The number of anilines is 2. The molecule has 4 rings (SSSR count). The van der Waals surface area contributed by atoms with Crippen LogP contribution in [0.3, 0.4) is 0 Å². The number of carbonyl (C=O) groups is 1. The van der Waals surface area contributed by atoms with Crippen molar-refractivity contribution in [2.45, 2.75) is 18.9 Å². The molecule has 2 N–H and O–H groups in total. The summed E-state index contributed by atoms with van der Waals surface area (Å²) in [5.41, 5.74) is 1.69. The second-order valence-electron chi connectivity index (χ2n) is 6.22. The molecule has 1 aliphatic rings. The number of benzene rings is 2. The van der Waals surface area contributed by atoms with Crippen molar-refractivity contribution in [2.24, 2.45) is 0 Å². The topological polar surface area (TPSA) is 115 Å². The zero-order valence-electron chi connectivity index (χ0n) is 14.2. The summed E-state index contributed by atoms with van der Waals surface area (Å²) in [5.74, 6) is -0.441. The molecule has 1 heterocycles. The van der Waals surface area contributed by atoms with E-state index < -0.39 is 10.8 Å². The third kappa shape index (κ3) is 3.61. The summed E-state index contributed by atoms with van der Waals surface area (Å²) in [6, 6.07) is 11.8. The van der Waals surface area contributed by atoms with Gasteiger partial charge in [-0.15, -0.1) is 0 Å². The van der Waals surface area contributed by atoms with Gasteiger partial charge in [-0.1, -0.05) is 12.1 Å². The molecular formula is C18H16N6O3. The maximum atomic E-state index is 12.7. The SMILES string of the molecule is O=C(Nc1ccccc1-n1cncn1)c1ccc(NC2CC2)c([N+](=O)[O-])c1. The normalized spacial score (nSPS) is 13.2. The van der Waals surface area contributed by atoms with E-state index in [0.717, 1.165) is 12.8 Å². The molecule has 0 spiro atoms. The fraction of sp³-hybridized carbons (Fsp3) is 0.167. The summed E-state index contributed by atoms with van der Waals surface area (Å²) in [5, 5.41) is 21.3. The molecule has 3 aromatic rings. The number of rotatable bonds is 6. The Morgan fingerprint density at radius 1 is 1.19 bits per heavy atom. The van der Waals surface area contributed by atoms with Crippen molar-refractivity contribution < 1.29 is 9.72 Å². The molecule has 9 heteroatoms. The highest BCUT2D eigenvalue weighted by Gasteiger charge is 2.25. The van der Waals surface area contributed by atoms with E-state index in [4.69, 9.17) is 0 Å². The lowest BCUT2D eigenvalue weighted by Crippen LogP contribution is -2.15. The zero-order valence-corrected chi connectivity index (χ0v) is 14.2. The summed E-state index contributed by atoms with van der Waals surface area (Å²) >= 11 is 0. The molecule has 0 aliphatic heterocycles. The van der Waals surface area contributed by atoms with E-state index in [0.29, 0.717) is 17.1 Å². The molecule has 0 saturated heterocycles. The molecule has 0 radical (unpaired) electrons. The highest BCUT2D eigenvalue weighted by atomic mass is 16.6. The van der Waals surface area contributed by atoms with Crippen LogP contribution in [0.5, 0.6) is 0 Å². The minimum absolute atomic E-state index is 0.112. The third-order valence-corrected chi connectivity index (χ3v) is 4.21. The maximum Gasteiger partial charge on any atom is 0.293 e. The van der Waals surface area contributed by atoms with Crippen LogP contribution in [-0.2, 0) is 0 Å². The minimum Gasteiger partial charge on any atom is -0.377 e. The van der Waals surface area contributed by atoms with Crippen LogP contribution in [0.1, 0.15) is 23.2 Å². The first-order valence-corrected chi connectivity index (χ1v) is 8.42. The van der Waals surface area contributed by atoms with Crippen molar-refractivity contribution >= 4 is 23.0 Å². The molecule has 2 aromatic carbocycles. The lowest BCUT2D eigenvalue weighted by atomic mass is 10.1. The zero-order chi connectivity index (χ0) is 18.8. The number of para-hydroxylation sites is 2. The Bertz CT molecular complexity index is 998. The number of hydrogen-bond donors (Lipinski definition) is 2. The Kier molecular flexibility index (Phi) is 4.25. The molecule has 27 heavy (non-hydrogen) atoms. The molecule has 136 valence electrons. The molecule has 1 fully saturated rings. The fourth-order valence-electron chi connectivity index (χ4n) is 2.70. The molecule has 1 aromatic heterocycles. The van der Waals surface area contributed by atoms with Gasteiger partial charge in [0.2, 0.25) is 0 Å². The first-order valence-electron chi connectivity index (χ1n) is 8.42. The van der Waals surface area contributed by atoms with Gasteiger partial charge in [0.25, 0.3) is 11.6 Å². The second-order valence-corrected chi connectivity index (χ2v) is 6.22. The first-order chi connectivity index (χ1) is 13.1. The average Bonchev–Trinajstić information content (AvgIpc) is 3.31. The smallest absolute Gasteiger partial charge is 0.293 e. The molecule has 0 atom stereocenters. The summed E-state index contributed by atoms with van der Waals surface area (Å²) in [4.78, 5) is 27.5. The first kappa shape index (κ1) is 16.7. The van der Waals surface area contributed by atoms with E-state index in [1.165, 1.54) is 23.4 Å². The van der Waals surface area contributed by atoms with Crippen molar-refractivity contribution in [2.75, 3.05) is 10.6 Å². The summed E-state index contributed by atoms with van der Waals surface area (Å²) in [7, 11) is 0. The third-order valence-electron chi connectivity index (χ3n) is 4.21. The standard InChI is InChI=1S/C18H16N6O3/c25-18(22-14-3-1-2-4-16(14)23-11-19-10-20-23)12-5-8-15(21-13-6-7-13)17(9-12)24(26)27/h1-5,8-11,13,21H,6-7H2,(H,22,25). The second kappa shape index (κ2) is 6.87. The molecular weight excluding hydrogens is 348 g/mol. The number of hydrogen-bond acceptors (Lipinski definition) is 6. The quantitative estimate of drug-likeness (QED) is 0.513. The molecule has 0 bridgehead atoms. The van der Waals surface area contributed by atoms with Crippen molar-refractivity contribution in [3.63, 3.8) is 0 Å². The Morgan fingerprint density at radius 2 is 2.00 bits per heavy atom. The predicted molar refractivity (Wildman–Crippen MR) is 99.1 cm³/mol. The average molecular weight is 364 g/mol.